The predicted octanol–water partition coefficient (Wildman–Crippen LogP) is 23.4. The zero-order valence-electron chi connectivity index (χ0n) is 58.6. The van der Waals surface area contributed by atoms with Crippen molar-refractivity contribution >= 4 is 12.0 Å². The summed E-state index contributed by atoms with van der Waals surface area (Å²) in [5, 5.41) is 6.19. The number of hydrogen-bond acceptors (Lipinski definition) is 8. The zero-order chi connectivity index (χ0) is 65.4. The molecule has 1 atom stereocenters. The van der Waals surface area contributed by atoms with Gasteiger partial charge >= 0.3 is 6.09 Å². The monoisotopic (exact) mass is 1280 g/mol. The Labute approximate surface area is 564 Å². The molecule has 2 N–H and O–H groups in total. The molecule has 0 heterocycles. The minimum absolute atomic E-state index is 0.0860. The number of amides is 2. The second-order valence-corrected chi connectivity index (χ2v) is 26.5. The van der Waals surface area contributed by atoms with Gasteiger partial charge in [-0.15, -0.1) is 0 Å². The highest BCUT2D eigenvalue weighted by Gasteiger charge is 2.30. The molecular formula is C83H124N2O8. The van der Waals surface area contributed by atoms with Crippen LogP contribution in [0.1, 0.15) is 310 Å². The van der Waals surface area contributed by atoms with Gasteiger partial charge in [-0.25, -0.2) is 4.79 Å². The highest BCUT2D eigenvalue weighted by Crippen LogP contribution is 2.45. The molecule has 10 nitrogen and oxygen atoms in total. The summed E-state index contributed by atoms with van der Waals surface area (Å²) in [7, 11) is 3.20. The number of carbonyl (C=O) groups excluding carboxylic acids is 2. The average molecular weight is 1280 g/mol. The average Bonchev–Trinajstić information content (AvgIpc) is 1.64. The molecule has 0 aliphatic heterocycles. The minimum Gasteiger partial charge on any atom is -0.497 e. The number of methoxy groups -OCH3 is 2. The van der Waals surface area contributed by atoms with Crippen molar-refractivity contribution < 1.29 is 38.0 Å². The lowest BCUT2D eigenvalue weighted by atomic mass is 9.97. The van der Waals surface area contributed by atoms with Crippen LogP contribution in [-0.2, 0) is 16.1 Å². The number of rotatable bonds is 56. The molecular weight excluding hydrogens is 1150 g/mol. The van der Waals surface area contributed by atoms with Crippen molar-refractivity contribution in [2.45, 2.75) is 289 Å². The van der Waals surface area contributed by atoms with Crippen molar-refractivity contribution in [1.29, 1.82) is 0 Å². The molecule has 514 valence electrons. The van der Waals surface area contributed by atoms with Gasteiger partial charge in [0, 0.05) is 35.7 Å². The first kappa shape index (κ1) is 75.9. The number of unbranched alkanes of at least 4 members (excludes halogenated alkanes) is 38. The van der Waals surface area contributed by atoms with Crippen molar-refractivity contribution in [3.05, 3.63) is 137 Å². The molecule has 1 aliphatic rings. The third kappa shape index (κ3) is 30.4. The molecule has 0 saturated carbocycles. The lowest BCUT2D eigenvalue weighted by Gasteiger charge is -2.23. The number of ether oxygens (including phenoxy) is 6. The van der Waals surface area contributed by atoms with Crippen LogP contribution in [0.3, 0.4) is 0 Å². The first-order chi connectivity index (χ1) is 45.9. The van der Waals surface area contributed by atoms with E-state index in [1.165, 1.54) is 238 Å². The number of carbonyl (C=O) groups is 2. The molecule has 0 radical (unpaired) electrons. The maximum Gasteiger partial charge on any atom is 0.407 e. The largest absolute Gasteiger partial charge is 0.497 e. The first-order valence-corrected chi connectivity index (χ1v) is 37.6. The highest BCUT2D eigenvalue weighted by atomic mass is 16.5. The van der Waals surface area contributed by atoms with Gasteiger partial charge in [0.25, 0.3) is 5.91 Å². The van der Waals surface area contributed by atoms with E-state index in [0.29, 0.717) is 37.0 Å². The standard InChI is InChI=1S/C83H124N2O8/c1-5-7-9-11-13-15-17-19-21-23-25-27-29-31-33-35-37-39-41-47-61-90-72-58-55-69(79(64-72)91-62-48-42-40-38-36-34-32-30-28-26-24-22-20-18-16-14-12-10-8-6-2)65-84-81(86)67-92-70-56-53-68(54-57-70)82(77-60-59-71(88-3)63-80(77)89-4)85-83(87)93-66-78-75-51-45-43-49-73(75)74-50-44-46-52-76(74)78/h43-46,49-60,63-64,78,82H,5-42,47-48,61-62,65-67H2,1-4H3,(H,84,86)(H,85,87). The second-order valence-electron chi connectivity index (χ2n) is 26.5. The summed E-state index contributed by atoms with van der Waals surface area (Å²) in [6, 6.07) is 34.8. The van der Waals surface area contributed by atoms with Gasteiger partial charge < -0.3 is 39.1 Å². The van der Waals surface area contributed by atoms with E-state index in [0.717, 1.165) is 69.7 Å². The Kier molecular flexibility index (Phi) is 39.6. The van der Waals surface area contributed by atoms with Gasteiger partial charge in [-0.3, -0.25) is 4.79 Å². The van der Waals surface area contributed by atoms with Crippen LogP contribution in [0.5, 0.6) is 28.7 Å². The first-order valence-electron chi connectivity index (χ1n) is 37.6. The van der Waals surface area contributed by atoms with Crippen LogP contribution in [0.15, 0.2) is 109 Å². The summed E-state index contributed by atoms with van der Waals surface area (Å²) in [6.07, 6.45) is 53.8. The molecule has 0 aromatic heterocycles. The van der Waals surface area contributed by atoms with Gasteiger partial charge in [-0.05, 0) is 77.1 Å². The van der Waals surface area contributed by atoms with Crippen LogP contribution in [0.4, 0.5) is 4.79 Å². The van der Waals surface area contributed by atoms with Gasteiger partial charge in [0.1, 0.15) is 35.4 Å². The molecule has 0 spiro atoms. The van der Waals surface area contributed by atoms with E-state index in [4.69, 9.17) is 28.4 Å². The second kappa shape index (κ2) is 48.5. The number of nitrogens with one attached hydrogen (secondary N) is 2. The molecule has 1 aliphatic carbocycles. The number of alkyl carbamates (subject to hydrolysis) is 1. The SMILES string of the molecule is CCCCCCCCCCCCCCCCCCCCCCOc1ccc(CNC(=O)COc2ccc(C(NC(=O)OCC3c4ccccc4-c4ccccc43)c3ccc(OC)cc3OC)cc2)c(OCCCCCCCCCCCCCCCCCCCCCC)c1. The van der Waals surface area contributed by atoms with Crippen LogP contribution in [0.25, 0.3) is 11.1 Å². The van der Waals surface area contributed by atoms with Gasteiger partial charge in [0.05, 0.1) is 33.5 Å². The van der Waals surface area contributed by atoms with E-state index in [9.17, 15) is 9.59 Å². The molecule has 0 fully saturated rings. The fourth-order valence-electron chi connectivity index (χ4n) is 13.3. The zero-order valence-corrected chi connectivity index (χ0v) is 58.6. The number of benzene rings is 5. The predicted molar refractivity (Wildman–Crippen MR) is 387 cm³/mol. The van der Waals surface area contributed by atoms with Gasteiger partial charge in [-0.2, -0.15) is 0 Å². The third-order valence-electron chi connectivity index (χ3n) is 19.0. The smallest absolute Gasteiger partial charge is 0.407 e. The van der Waals surface area contributed by atoms with Crippen LogP contribution >= 0.6 is 0 Å². The van der Waals surface area contributed by atoms with E-state index < -0.39 is 12.1 Å². The van der Waals surface area contributed by atoms with E-state index in [1.807, 2.05) is 66.7 Å². The van der Waals surface area contributed by atoms with Crippen LogP contribution in [0.2, 0.25) is 0 Å². The summed E-state index contributed by atoms with van der Waals surface area (Å²) >= 11 is 0. The number of hydrogen-bond donors (Lipinski definition) is 2. The van der Waals surface area contributed by atoms with Crippen LogP contribution in [-0.4, -0.2) is 52.6 Å². The normalized spacial score (nSPS) is 12.1. The molecule has 0 bridgehead atoms. The van der Waals surface area contributed by atoms with Crippen molar-refractivity contribution in [3.8, 4) is 39.9 Å². The van der Waals surface area contributed by atoms with Crippen LogP contribution in [0, 0.1) is 0 Å². The Balaban J connectivity index is 0.917. The van der Waals surface area contributed by atoms with Crippen molar-refractivity contribution in [3.63, 3.8) is 0 Å². The molecule has 5 aromatic carbocycles. The third-order valence-corrected chi connectivity index (χ3v) is 19.0. The van der Waals surface area contributed by atoms with E-state index in [1.54, 1.807) is 32.4 Å². The summed E-state index contributed by atoms with van der Waals surface area (Å²) < 4.78 is 36.2. The fraction of sp³-hybridized carbons (Fsp3) is 0.614. The Hall–Kier alpha value is -6.16. The summed E-state index contributed by atoms with van der Waals surface area (Å²) in [4.78, 5) is 27.3. The molecule has 1 unspecified atom stereocenters. The molecule has 2 amide bonds. The fourth-order valence-corrected chi connectivity index (χ4v) is 13.3. The lowest BCUT2D eigenvalue weighted by Crippen LogP contribution is -2.31. The maximum absolute atomic E-state index is 13.8. The Morgan fingerprint density at radius 3 is 1.27 bits per heavy atom. The summed E-state index contributed by atoms with van der Waals surface area (Å²) in [5.74, 6) is 2.89. The number of fused-ring (bicyclic) bond motifs is 3. The van der Waals surface area contributed by atoms with E-state index in [2.05, 4.69) is 48.7 Å². The topological polar surface area (TPSA) is 114 Å². The van der Waals surface area contributed by atoms with Crippen molar-refractivity contribution in [2.24, 2.45) is 0 Å². The van der Waals surface area contributed by atoms with E-state index >= 15 is 0 Å². The van der Waals surface area contributed by atoms with Crippen molar-refractivity contribution in [1.82, 2.24) is 10.6 Å². The molecule has 0 saturated heterocycles. The molecule has 5 aromatic rings. The lowest BCUT2D eigenvalue weighted by molar-refractivity contribution is -0.123. The van der Waals surface area contributed by atoms with Gasteiger partial charge in [0.2, 0.25) is 0 Å². The molecule has 93 heavy (non-hydrogen) atoms. The molecule has 6 rings (SSSR count). The quantitative estimate of drug-likeness (QED) is 0.0370. The minimum atomic E-state index is -0.649. The Morgan fingerprint density at radius 1 is 0.409 bits per heavy atom. The summed E-state index contributed by atoms with van der Waals surface area (Å²) in [5.41, 5.74) is 6.98. The summed E-state index contributed by atoms with van der Waals surface area (Å²) in [6.45, 7) is 6.18. The Bertz CT molecular complexity index is 2700. The Morgan fingerprint density at radius 2 is 0.817 bits per heavy atom. The van der Waals surface area contributed by atoms with E-state index in [-0.39, 0.29) is 25.0 Å². The maximum atomic E-state index is 13.8. The van der Waals surface area contributed by atoms with Crippen LogP contribution < -0.4 is 34.3 Å². The highest BCUT2D eigenvalue weighted by molar-refractivity contribution is 5.79. The van der Waals surface area contributed by atoms with Gasteiger partial charge in [-0.1, -0.05) is 319 Å². The molecule has 10 heteroatoms. The van der Waals surface area contributed by atoms with Gasteiger partial charge in [0.15, 0.2) is 6.61 Å². The van der Waals surface area contributed by atoms with Crippen molar-refractivity contribution in [2.75, 3.05) is 40.6 Å².